The second-order valence-corrected chi connectivity index (χ2v) is 5.86. The Morgan fingerprint density at radius 3 is 2.60 bits per heavy atom. The van der Waals surface area contributed by atoms with Crippen LogP contribution in [0.25, 0.3) is 0 Å². The molecular weight excluding hydrogens is 274 g/mol. The molecule has 1 heterocycles. The van der Waals surface area contributed by atoms with Crippen molar-refractivity contribution in [1.29, 1.82) is 0 Å². The highest BCUT2D eigenvalue weighted by atomic mass is 79.9. The van der Waals surface area contributed by atoms with Crippen LogP contribution in [0.15, 0.2) is 17.5 Å². The normalized spacial score (nSPS) is 15.0. The van der Waals surface area contributed by atoms with Gasteiger partial charge in [-0.15, -0.1) is 11.3 Å². The molecule has 15 heavy (non-hydrogen) atoms. The van der Waals surface area contributed by atoms with Gasteiger partial charge >= 0.3 is 0 Å². The van der Waals surface area contributed by atoms with Gasteiger partial charge in [-0.25, -0.2) is 0 Å². The number of carbonyl (C=O) groups excluding carboxylic acids is 1. The molecule has 0 aliphatic rings. The Kier molecular flexibility index (Phi) is 4.80. The zero-order valence-electron chi connectivity index (χ0n) is 9.16. The number of hydrogen-bond acceptors (Lipinski definition) is 2. The fourth-order valence-electron chi connectivity index (χ4n) is 1.20. The molecule has 1 rings (SSSR count). The molecule has 0 spiro atoms. The summed E-state index contributed by atoms with van der Waals surface area (Å²) in [5.41, 5.74) is 0. The number of carbonyl (C=O) groups is 1. The summed E-state index contributed by atoms with van der Waals surface area (Å²) in [6, 6.07) is 4.13. The lowest BCUT2D eigenvalue weighted by molar-refractivity contribution is -0.121. The topological polar surface area (TPSA) is 29.1 Å². The van der Waals surface area contributed by atoms with E-state index in [2.05, 4.69) is 21.2 Å². The van der Waals surface area contributed by atoms with Crippen molar-refractivity contribution in [1.82, 2.24) is 5.32 Å². The van der Waals surface area contributed by atoms with Crippen LogP contribution in [0.1, 0.15) is 31.7 Å². The first-order valence-corrected chi connectivity index (χ1v) is 6.79. The van der Waals surface area contributed by atoms with Gasteiger partial charge in [0.1, 0.15) is 0 Å². The van der Waals surface area contributed by atoms with Crippen LogP contribution in [0.2, 0.25) is 0 Å². The minimum Gasteiger partial charge on any atom is -0.348 e. The maximum Gasteiger partial charge on any atom is 0.234 e. The molecular formula is C11H16BrNOS. The monoisotopic (exact) mass is 289 g/mol. The average molecular weight is 290 g/mol. The lowest BCUT2D eigenvalue weighted by Gasteiger charge is -2.17. The first-order valence-electron chi connectivity index (χ1n) is 5.00. The van der Waals surface area contributed by atoms with E-state index in [1.165, 1.54) is 4.88 Å². The van der Waals surface area contributed by atoms with Gasteiger partial charge in [0, 0.05) is 4.88 Å². The Morgan fingerprint density at radius 1 is 1.47 bits per heavy atom. The van der Waals surface area contributed by atoms with Crippen LogP contribution in [-0.4, -0.2) is 10.7 Å². The zero-order valence-corrected chi connectivity index (χ0v) is 11.6. The molecule has 1 aromatic heterocycles. The minimum atomic E-state index is -0.111. The number of rotatable bonds is 4. The Labute approximate surface area is 103 Å². The second-order valence-electron chi connectivity index (χ2n) is 3.89. The molecule has 4 heteroatoms. The molecule has 0 bridgehead atoms. The van der Waals surface area contributed by atoms with E-state index in [4.69, 9.17) is 0 Å². The molecule has 0 saturated carbocycles. The second kappa shape index (κ2) is 5.66. The molecule has 1 amide bonds. The molecule has 2 nitrogen and oxygen atoms in total. The van der Waals surface area contributed by atoms with Gasteiger partial charge in [-0.2, -0.15) is 0 Å². The summed E-state index contributed by atoms with van der Waals surface area (Å²) in [7, 11) is 0. The van der Waals surface area contributed by atoms with Gasteiger partial charge in [-0.1, -0.05) is 35.8 Å². The predicted octanol–water partition coefficient (Wildman–Crippen LogP) is 3.34. The summed E-state index contributed by atoms with van der Waals surface area (Å²) < 4.78 is 0. The first-order chi connectivity index (χ1) is 7.02. The molecule has 0 aromatic carbocycles. The van der Waals surface area contributed by atoms with Crippen LogP contribution >= 0.6 is 27.3 Å². The highest BCUT2D eigenvalue weighted by Crippen LogP contribution is 2.20. The predicted molar refractivity (Wildman–Crippen MR) is 68.4 cm³/mol. The molecule has 1 unspecified atom stereocenters. The van der Waals surface area contributed by atoms with Gasteiger partial charge in [0.15, 0.2) is 0 Å². The van der Waals surface area contributed by atoms with Crippen molar-refractivity contribution in [3.05, 3.63) is 22.4 Å². The van der Waals surface area contributed by atoms with E-state index in [9.17, 15) is 4.79 Å². The summed E-state index contributed by atoms with van der Waals surface area (Å²) in [6.45, 7) is 6.05. The van der Waals surface area contributed by atoms with E-state index in [0.717, 1.165) is 0 Å². The zero-order chi connectivity index (χ0) is 11.4. The summed E-state index contributed by atoms with van der Waals surface area (Å²) in [5.74, 6) is 0.367. The van der Waals surface area contributed by atoms with Crippen molar-refractivity contribution in [2.45, 2.75) is 31.6 Å². The average Bonchev–Trinajstić information content (AvgIpc) is 2.68. The fraction of sp³-hybridized carbons (Fsp3) is 0.545. The molecule has 84 valence electrons. The third-order valence-electron chi connectivity index (χ3n) is 2.16. The van der Waals surface area contributed by atoms with Crippen LogP contribution in [0.4, 0.5) is 0 Å². The Hall–Kier alpha value is -0.350. The summed E-state index contributed by atoms with van der Waals surface area (Å²) >= 11 is 5.05. The summed E-state index contributed by atoms with van der Waals surface area (Å²) in [6.07, 6.45) is 0. The van der Waals surface area contributed by atoms with Crippen molar-refractivity contribution >= 4 is 33.2 Å². The van der Waals surface area contributed by atoms with E-state index in [1.54, 1.807) is 11.3 Å². The number of nitrogens with one attached hydrogen (secondary N) is 1. The van der Waals surface area contributed by atoms with E-state index < -0.39 is 0 Å². The van der Waals surface area contributed by atoms with Gasteiger partial charge in [-0.05, 0) is 24.3 Å². The minimum absolute atomic E-state index is 0.0610. The molecule has 1 N–H and O–H groups in total. The number of thiophene rings is 1. The molecule has 0 saturated heterocycles. The van der Waals surface area contributed by atoms with Gasteiger partial charge in [0.25, 0.3) is 0 Å². The van der Waals surface area contributed by atoms with Crippen molar-refractivity contribution in [2.24, 2.45) is 5.92 Å². The summed E-state index contributed by atoms with van der Waals surface area (Å²) in [5, 5.41) is 5.01. The van der Waals surface area contributed by atoms with Crippen LogP contribution in [0, 0.1) is 5.92 Å². The fourth-order valence-corrected chi connectivity index (χ4v) is 2.07. The smallest absolute Gasteiger partial charge is 0.234 e. The largest absolute Gasteiger partial charge is 0.348 e. The Balaban J connectivity index is 2.52. The number of alkyl halides is 1. The van der Waals surface area contributed by atoms with Crippen LogP contribution in [0.5, 0.6) is 0 Å². The third-order valence-corrected chi connectivity index (χ3v) is 4.69. The molecule has 1 aromatic rings. The highest BCUT2D eigenvalue weighted by Gasteiger charge is 2.20. The van der Waals surface area contributed by atoms with Crippen molar-refractivity contribution in [3.63, 3.8) is 0 Å². The quantitative estimate of drug-likeness (QED) is 0.847. The lowest BCUT2D eigenvalue weighted by atomic mass is 10.1. The Bertz CT molecular complexity index is 310. The van der Waals surface area contributed by atoms with Crippen LogP contribution in [0.3, 0.4) is 0 Å². The molecule has 0 radical (unpaired) electrons. The highest BCUT2D eigenvalue weighted by molar-refractivity contribution is 9.10. The molecule has 0 fully saturated rings. The van der Waals surface area contributed by atoms with Crippen molar-refractivity contribution < 1.29 is 4.79 Å². The molecule has 0 aliphatic heterocycles. The SMILES string of the molecule is CC(C)C(Br)C(=O)N[C@H](C)c1cccs1. The first kappa shape index (κ1) is 12.7. The Morgan fingerprint density at radius 2 is 2.13 bits per heavy atom. The number of amides is 1. The van der Waals surface area contributed by atoms with E-state index >= 15 is 0 Å². The molecule has 2 atom stereocenters. The molecule has 0 aliphatic carbocycles. The van der Waals surface area contributed by atoms with Gasteiger partial charge in [0.05, 0.1) is 10.9 Å². The van der Waals surface area contributed by atoms with Crippen LogP contribution < -0.4 is 5.32 Å². The number of hydrogen-bond donors (Lipinski definition) is 1. The standard InChI is InChI=1S/C11H16BrNOS/c1-7(2)10(12)11(14)13-8(3)9-5-4-6-15-9/h4-8,10H,1-3H3,(H,13,14)/t8-,10?/m1/s1. The third kappa shape index (κ3) is 3.61. The van der Waals surface area contributed by atoms with E-state index in [0.29, 0.717) is 5.92 Å². The summed E-state index contributed by atoms with van der Waals surface area (Å²) in [4.78, 5) is 12.8. The van der Waals surface area contributed by atoms with Crippen molar-refractivity contribution in [3.8, 4) is 0 Å². The maximum atomic E-state index is 11.7. The van der Waals surface area contributed by atoms with Gasteiger partial charge < -0.3 is 5.32 Å². The maximum absolute atomic E-state index is 11.7. The lowest BCUT2D eigenvalue weighted by Crippen LogP contribution is -2.35. The van der Waals surface area contributed by atoms with Crippen molar-refractivity contribution in [2.75, 3.05) is 0 Å². The van der Waals surface area contributed by atoms with Gasteiger partial charge in [-0.3, -0.25) is 4.79 Å². The number of halogens is 1. The van der Waals surface area contributed by atoms with E-state index in [-0.39, 0.29) is 16.8 Å². The van der Waals surface area contributed by atoms with E-state index in [1.807, 2.05) is 38.3 Å². The van der Waals surface area contributed by atoms with Gasteiger partial charge in [0.2, 0.25) is 5.91 Å². The van der Waals surface area contributed by atoms with Crippen LogP contribution in [-0.2, 0) is 4.79 Å².